The lowest BCUT2D eigenvalue weighted by Gasteiger charge is -2.15. The quantitative estimate of drug-likeness (QED) is 0.634. The molecule has 112 valence electrons. The summed E-state index contributed by atoms with van der Waals surface area (Å²) in [5, 5.41) is 0.565. The van der Waals surface area contributed by atoms with E-state index in [2.05, 4.69) is 38.8 Å². The predicted molar refractivity (Wildman–Crippen MR) is 95.3 cm³/mol. The molecule has 0 spiro atoms. The van der Waals surface area contributed by atoms with Crippen molar-refractivity contribution < 1.29 is 4.74 Å². The van der Waals surface area contributed by atoms with Crippen molar-refractivity contribution in [2.45, 2.75) is 25.8 Å². The van der Waals surface area contributed by atoms with Crippen LogP contribution in [-0.4, -0.2) is 6.04 Å². The van der Waals surface area contributed by atoms with Gasteiger partial charge in [0, 0.05) is 15.0 Å². The van der Waals surface area contributed by atoms with Crippen LogP contribution in [0.2, 0.25) is 5.02 Å². The van der Waals surface area contributed by atoms with Gasteiger partial charge in [-0.25, -0.2) is 0 Å². The lowest BCUT2D eigenvalue weighted by molar-refractivity contribution is 0.472. The second-order valence-electron chi connectivity index (χ2n) is 4.80. The van der Waals surface area contributed by atoms with E-state index in [4.69, 9.17) is 22.1 Å². The van der Waals surface area contributed by atoms with Gasteiger partial charge in [-0.1, -0.05) is 56.5 Å². The number of nitrogens with two attached hydrogens (primary N) is 1. The van der Waals surface area contributed by atoms with E-state index in [1.165, 1.54) is 0 Å². The average molecular weight is 434 g/mol. The number of hydrogen-bond acceptors (Lipinski definition) is 2. The highest BCUT2D eigenvalue weighted by molar-refractivity contribution is 9.10. The fraction of sp³-hybridized carbons (Fsp3) is 0.250. The molecule has 1 atom stereocenters. The Bertz CT molecular complexity index is 634. The van der Waals surface area contributed by atoms with Gasteiger partial charge in [-0.05, 0) is 48.7 Å². The van der Waals surface area contributed by atoms with Crippen molar-refractivity contribution in [3.63, 3.8) is 0 Å². The lowest BCUT2D eigenvalue weighted by Crippen LogP contribution is -2.21. The predicted octanol–water partition coefficient (Wildman–Crippen LogP) is 5.94. The smallest absolute Gasteiger partial charge is 0.146 e. The molecular weight excluding hydrogens is 417 g/mol. The molecule has 0 aromatic heterocycles. The summed E-state index contributed by atoms with van der Waals surface area (Å²) in [6.45, 7) is 2.08. The van der Waals surface area contributed by atoms with E-state index >= 15 is 0 Å². The van der Waals surface area contributed by atoms with Gasteiger partial charge in [-0.15, -0.1) is 0 Å². The van der Waals surface area contributed by atoms with Crippen LogP contribution in [0.5, 0.6) is 11.5 Å². The van der Waals surface area contributed by atoms with Crippen LogP contribution in [0.1, 0.15) is 18.9 Å². The summed E-state index contributed by atoms with van der Waals surface area (Å²) in [6, 6.07) is 11.6. The number of halogens is 3. The third-order valence-electron chi connectivity index (χ3n) is 3.15. The van der Waals surface area contributed by atoms with Gasteiger partial charge < -0.3 is 10.5 Å². The molecule has 0 saturated carbocycles. The minimum absolute atomic E-state index is 0.119. The van der Waals surface area contributed by atoms with Gasteiger partial charge in [-0.2, -0.15) is 0 Å². The topological polar surface area (TPSA) is 35.2 Å². The van der Waals surface area contributed by atoms with Gasteiger partial charge >= 0.3 is 0 Å². The molecule has 0 heterocycles. The molecule has 0 amide bonds. The Morgan fingerprint density at radius 2 is 1.76 bits per heavy atom. The van der Waals surface area contributed by atoms with E-state index in [-0.39, 0.29) is 6.04 Å². The van der Waals surface area contributed by atoms with Gasteiger partial charge in [0.2, 0.25) is 0 Å². The standard InChI is InChI=1S/C16H16Br2ClNO/c1-2-13(20)7-10-3-4-12(18)9-16(10)21-15-6-5-11(17)8-14(15)19/h3-6,8-9,13H,2,7,20H2,1H3. The zero-order valence-corrected chi connectivity index (χ0v) is 15.5. The van der Waals surface area contributed by atoms with Gasteiger partial charge in [-0.3, -0.25) is 0 Å². The largest absolute Gasteiger partial charge is 0.455 e. The van der Waals surface area contributed by atoms with E-state index in [9.17, 15) is 0 Å². The normalized spacial score (nSPS) is 12.2. The SMILES string of the molecule is CCC(N)Cc1ccc(Br)cc1Oc1ccc(Br)cc1Cl. The Balaban J connectivity index is 2.31. The highest BCUT2D eigenvalue weighted by Crippen LogP contribution is 2.34. The maximum Gasteiger partial charge on any atom is 0.146 e. The monoisotopic (exact) mass is 431 g/mol. The molecule has 0 bridgehead atoms. The fourth-order valence-electron chi connectivity index (χ4n) is 1.90. The Morgan fingerprint density at radius 1 is 1.10 bits per heavy atom. The van der Waals surface area contributed by atoms with Crippen LogP contribution in [0.4, 0.5) is 0 Å². The molecule has 2 aromatic rings. The minimum atomic E-state index is 0.119. The van der Waals surface area contributed by atoms with Crippen molar-refractivity contribution >= 4 is 43.5 Å². The first kappa shape index (κ1) is 16.8. The zero-order chi connectivity index (χ0) is 15.4. The molecule has 1 unspecified atom stereocenters. The first-order valence-corrected chi connectivity index (χ1v) is 8.63. The summed E-state index contributed by atoms with van der Waals surface area (Å²) in [7, 11) is 0. The first-order chi connectivity index (χ1) is 9.99. The maximum absolute atomic E-state index is 6.21. The number of ether oxygens (including phenoxy) is 1. The highest BCUT2D eigenvalue weighted by atomic mass is 79.9. The van der Waals surface area contributed by atoms with E-state index in [1.54, 1.807) is 0 Å². The third kappa shape index (κ3) is 4.71. The van der Waals surface area contributed by atoms with Crippen LogP contribution in [0.15, 0.2) is 45.3 Å². The number of rotatable bonds is 5. The minimum Gasteiger partial charge on any atom is -0.455 e. The molecule has 2 N–H and O–H groups in total. The lowest BCUT2D eigenvalue weighted by atomic mass is 10.0. The second kappa shape index (κ2) is 7.63. The summed E-state index contributed by atoms with van der Waals surface area (Å²) >= 11 is 13.1. The van der Waals surface area contributed by atoms with Crippen molar-refractivity contribution in [3.8, 4) is 11.5 Å². The summed E-state index contributed by atoms with van der Waals surface area (Å²) in [5.41, 5.74) is 7.13. The molecule has 0 saturated heterocycles. The number of hydrogen-bond donors (Lipinski definition) is 1. The van der Waals surface area contributed by atoms with Gasteiger partial charge in [0.15, 0.2) is 0 Å². The Hall–Kier alpha value is -0.550. The van der Waals surface area contributed by atoms with Crippen LogP contribution >= 0.6 is 43.5 Å². The van der Waals surface area contributed by atoms with Crippen molar-refractivity contribution in [1.82, 2.24) is 0 Å². The van der Waals surface area contributed by atoms with Crippen LogP contribution < -0.4 is 10.5 Å². The molecule has 0 fully saturated rings. The van der Waals surface area contributed by atoms with E-state index in [0.29, 0.717) is 10.8 Å². The van der Waals surface area contributed by atoms with Gasteiger partial charge in [0.1, 0.15) is 11.5 Å². The first-order valence-electron chi connectivity index (χ1n) is 6.66. The Labute approximate surface area is 146 Å². The van der Waals surface area contributed by atoms with E-state index < -0.39 is 0 Å². The molecule has 2 aromatic carbocycles. The van der Waals surface area contributed by atoms with Crippen molar-refractivity contribution in [3.05, 3.63) is 55.9 Å². The van der Waals surface area contributed by atoms with Gasteiger partial charge in [0.25, 0.3) is 0 Å². The van der Waals surface area contributed by atoms with Crippen LogP contribution in [-0.2, 0) is 6.42 Å². The van der Waals surface area contributed by atoms with Crippen molar-refractivity contribution in [1.29, 1.82) is 0 Å². The van der Waals surface area contributed by atoms with Crippen LogP contribution in [0.25, 0.3) is 0 Å². The molecule has 0 aliphatic carbocycles. The molecule has 2 nitrogen and oxygen atoms in total. The Kier molecular flexibility index (Phi) is 6.11. The molecule has 5 heteroatoms. The fourth-order valence-corrected chi connectivity index (χ4v) is 2.95. The summed E-state index contributed by atoms with van der Waals surface area (Å²) in [6.07, 6.45) is 1.70. The molecule has 2 rings (SSSR count). The maximum atomic E-state index is 6.21. The van der Waals surface area contributed by atoms with Crippen LogP contribution in [0.3, 0.4) is 0 Å². The van der Waals surface area contributed by atoms with Crippen molar-refractivity contribution in [2.24, 2.45) is 5.73 Å². The summed E-state index contributed by atoms with van der Waals surface area (Å²) in [5.74, 6) is 1.40. The summed E-state index contributed by atoms with van der Waals surface area (Å²) < 4.78 is 7.86. The molecule has 0 radical (unpaired) electrons. The van der Waals surface area contributed by atoms with Crippen LogP contribution in [0, 0.1) is 0 Å². The Morgan fingerprint density at radius 3 is 2.43 bits per heavy atom. The third-order valence-corrected chi connectivity index (χ3v) is 4.43. The summed E-state index contributed by atoms with van der Waals surface area (Å²) in [4.78, 5) is 0. The highest BCUT2D eigenvalue weighted by Gasteiger charge is 2.11. The van der Waals surface area contributed by atoms with Gasteiger partial charge in [0.05, 0.1) is 5.02 Å². The van der Waals surface area contributed by atoms with E-state index in [0.717, 1.165) is 33.1 Å². The zero-order valence-electron chi connectivity index (χ0n) is 11.6. The molecule has 0 aliphatic rings. The molecule has 0 aliphatic heterocycles. The number of benzene rings is 2. The molecular formula is C16H16Br2ClNO. The molecule has 21 heavy (non-hydrogen) atoms. The average Bonchev–Trinajstić information content (AvgIpc) is 2.44. The van der Waals surface area contributed by atoms with Crippen molar-refractivity contribution in [2.75, 3.05) is 0 Å². The second-order valence-corrected chi connectivity index (χ2v) is 7.04. The van der Waals surface area contributed by atoms with E-state index in [1.807, 2.05) is 36.4 Å².